The molecule has 7 heteroatoms. The van der Waals surface area contributed by atoms with Gasteiger partial charge in [0.25, 0.3) is 0 Å². The number of benzene rings is 2. The van der Waals surface area contributed by atoms with Crippen molar-refractivity contribution in [3.05, 3.63) is 52.5 Å². The van der Waals surface area contributed by atoms with Gasteiger partial charge in [-0.05, 0) is 48.7 Å². The van der Waals surface area contributed by atoms with Gasteiger partial charge in [0.2, 0.25) is 11.8 Å². The Labute approximate surface area is 163 Å². The highest BCUT2D eigenvalue weighted by atomic mass is 79.9. The molecule has 2 aromatic carbocycles. The van der Waals surface area contributed by atoms with Crippen LogP contribution in [0.25, 0.3) is 10.2 Å². The van der Waals surface area contributed by atoms with Gasteiger partial charge in [-0.3, -0.25) is 9.59 Å². The average molecular weight is 430 g/mol. The number of halogens is 1. The van der Waals surface area contributed by atoms with Gasteiger partial charge in [0.1, 0.15) is 0 Å². The Morgan fingerprint density at radius 3 is 2.65 bits per heavy atom. The Morgan fingerprint density at radius 1 is 1.15 bits per heavy atom. The lowest BCUT2D eigenvalue weighted by Crippen LogP contribution is -2.27. The predicted molar refractivity (Wildman–Crippen MR) is 108 cm³/mol. The SMILES string of the molecule is CC(=O)Nc1nc2ccc(NC(=O)C3(c4cccc(Br)c4)CC3)cc2s1. The van der Waals surface area contributed by atoms with Crippen molar-refractivity contribution >= 4 is 60.1 Å². The van der Waals surface area contributed by atoms with Crippen LogP contribution in [0.5, 0.6) is 0 Å². The molecule has 1 aliphatic rings. The maximum absolute atomic E-state index is 12.9. The molecule has 2 N–H and O–H groups in total. The molecule has 0 unspecified atom stereocenters. The molecule has 132 valence electrons. The minimum absolute atomic E-state index is 0.0153. The topological polar surface area (TPSA) is 71.1 Å². The van der Waals surface area contributed by atoms with Crippen LogP contribution in [0.4, 0.5) is 10.8 Å². The molecule has 1 aromatic heterocycles. The van der Waals surface area contributed by atoms with E-state index in [1.165, 1.54) is 18.3 Å². The van der Waals surface area contributed by atoms with E-state index in [0.29, 0.717) is 5.13 Å². The maximum Gasteiger partial charge on any atom is 0.235 e. The minimum Gasteiger partial charge on any atom is -0.325 e. The number of nitrogens with one attached hydrogen (secondary N) is 2. The van der Waals surface area contributed by atoms with Crippen molar-refractivity contribution < 1.29 is 9.59 Å². The fourth-order valence-corrected chi connectivity index (χ4v) is 4.37. The average Bonchev–Trinajstić information content (AvgIpc) is 3.30. The van der Waals surface area contributed by atoms with Gasteiger partial charge < -0.3 is 10.6 Å². The van der Waals surface area contributed by atoms with E-state index in [-0.39, 0.29) is 11.8 Å². The molecule has 0 saturated heterocycles. The van der Waals surface area contributed by atoms with E-state index in [4.69, 9.17) is 0 Å². The van der Waals surface area contributed by atoms with E-state index in [1.807, 2.05) is 42.5 Å². The molecule has 0 spiro atoms. The third-order valence-corrected chi connectivity index (χ3v) is 5.92. The molecule has 0 aliphatic heterocycles. The second-order valence-electron chi connectivity index (χ2n) is 6.43. The Hall–Kier alpha value is -2.25. The van der Waals surface area contributed by atoms with Gasteiger partial charge >= 0.3 is 0 Å². The fourth-order valence-electron chi connectivity index (χ4n) is 3.02. The van der Waals surface area contributed by atoms with E-state index in [1.54, 1.807) is 0 Å². The Kier molecular flexibility index (Phi) is 4.28. The number of rotatable bonds is 4. The minimum atomic E-state index is -0.437. The van der Waals surface area contributed by atoms with Crippen LogP contribution >= 0.6 is 27.3 Å². The van der Waals surface area contributed by atoms with E-state index in [2.05, 4.69) is 31.5 Å². The monoisotopic (exact) mass is 429 g/mol. The van der Waals surface area contributed by atoms with Crippen LogP contribution in [0.2, 0.25) is 0 Å². The van der Waals surface area contributed by atoms with E-state index >= 15 is 0 Å². The van der Waals surface area contributed by atoms with Crippen LogP contribution in [0.3, 0.4) is 0 Å². The molecule has 5 nitrogen and oxygen atoms in total. The number of carbonyl (C=O) groups is 2. The number of anilines is 2. The zero-order valence-electron chi connectivity index (χ0n) is 14.0. The number of fused-ring (bicyclic) bond motifs is 1. The number of carbonyl (C=O) groups excluding carboxylic acids is 2. The highest BCUT2D eigenvalue weighted by Crippen LogP contribution is 2.49. The van der Waals surface area contributed by atoms with Crippen molar-refractivity contribution in [2.75, 3.05) is 10.6 Å². The lowest BCUT2D eigenvalue weighted by atomic mass is 9.95. The molecule has 1 aliphatic carbocycles. The third kappa shape index (κ3) is 3.24. The molecule has 2 amide bonds. The first-order chi connectivity index (χ1) is 12.5. The zero-order chi connectivity index (χ0) is 18.3. The van der Waals surface area contributed by atoms with Gasteiger partial charge in [-0.25, -0.2) is 4.98 Å². The molecule has 1 saturated carbocycles. The molecule has 0 radical (unpaired) electrons. The molecule has 0 atom stereocenters. The number of hydrogen-bond donors (Lipinski definition) is 2. The summed E-state index contributed by atoms with van der Waals surface area (Å²) < 4.78 is 1.89. The fraction of sp³-hybridized carbons (Fsp3) is 0.211. The second kappa shape index (κ2) is 6.48. The van der Waals surface area contributed by atoms with E-state index < -0.39 is 5.41 Å². The predicted octanol–water partition coefficient (Wildman–Crippen LogP) is 4.69. The first kappa shape index (κ1) is 17.2. The quantitative estimate of drug-likeness (QED) is 0.631. The number of nitrogens with zero attached hydrogens (tertiary/aromatic N) is 1. The largest absolute Gasteiger partial charge is 0.325 e. The Balaban J connectivity index is 1.57. The van der Waals surface area contributed by atoms with Crippen LogP contribution in [0.15, 0.2) is 46.9 Å². The molecule has 3 aromatic rings. The lowest BCUT2D eigenvalue weighted by Gasteiger charge is -2.16. The van der Waals surface area contributed by atoms with Gasteiger partial charge in [-0.1, -0.05) is 39.4 Å². The van der Waals surface area contributed by atoms with Crippen molar-refractivity contribution in [3.63, 3.8) is 0 Å². The number of amides is 2. The van der Waals surface area contributed by atoms with Gasteiger partial charge in [0.05, 0.1) is 15.6 Å². The summed E-state index contributed by atoms with van der Waals surface area (Å²) in [6.07, 6.45) is 1.70. The lowest BCUT2D eigenvalue weighted by molar-refractivity contribution is -0.118. The van der Waals surface area contributed by atoms with Crippen molar-refractivity contribution in [2.45, 2.75) is 25.2 Å². The summed E-state index contributed by atoms with van der Waals surface area (Å²) in [4.78, 5) is 28.4. The van der Waals surface area contributed by atoms with Crippen LogP contribution in [-0.2, 0) is 15.0 Å². The van der Waals surface area contributed by atoms with Gasteiger partial charge in [0.15, 0.2) is 5.13 Å². The first-order valence-corrected chi connectivity index (χ1v) is 9.83. The number of aromatic nitrogens is 1. The van der Waals surface area contributed by atoms with Gasteiger partial charge in [-0.15, -0.1) is 0 Å². The second-order valence-corrected chi connectivity index (χ2v) is 8.38. The van der Waals surface area contributed by atoms with Gasteiger partial charge in [-0.2, -0.15) is 0 Å². The van der Waals surface area contributed by atoms with E-state index in [0.717, 1.165) is 38.8 Å². The van der Waals surface area contributed by atoms with Crippen LogP contribution < -0.4 is 10.6 Å². The van der Waals surface area contributed by atoms with Crippen LogP contribution in [0.1, 0.15) is 25.3 Å². The molecular formula is C19H16BrN3O2S. The summed E-state index contributed by atoms with van der Waals surface area (Å²) in [5, 5.41) is 6.29. The number of thiazole rings is 1. The zero-order valence-corrected chi connectivity index (χ0v) is 16.4. The summed E-state index contributed by atoms with van der Waals surface area (Å²) in [5.74, 6) is -0.135. The maximum atomic E-state index is 12.9. The van der Waals surface area contributed by atoms with Crippen molar-refractivity contribution in [1.82, 2.24) is 4.98 Å². The summed E-state index contributed by atoms with van der Waals surface area (Å²) >= 11 is 4.87. The molecule has 4 rings (SSSR count). The Bertz CT molecular complexity index is 1030. The first-order valence-electron chi connectivity index (χ1n) is 8.22. The Morgan fingerprint density at radius 2 is 1.96 bits per heavy atom. The molecular weight excluding hydrogens is 414 g/mol. The molecule has 0 bridgehead atoms. The smallest absolute Gasteiger partial charge is 0.235 e. The standard InChI is InChI=1S/C19H16BrN3O2S/c1-11(24)21-18-23-15-6-5-14(10-16(15)26-18)22-17(25)19(7-8-19)12-3-2-4-13(20)9-12/h2-6,9-10H,7-8H2,1H3,(H,22,25)(H,21,23,24). The van der Waals surface area contributed by atoms with Crippen molar-refractivity contribution in [2.24, 2.45) is 0 Å². The van der Waals surface area contributed by atoms with Crippen LogP contribution in [0, 0.1) is 0 Å². The normalized spacial score (nSPS) is 14.8. The van der Waals surface area contributed by atoms with Gasteiger partial charge in [0, 0.05) is 17.1 Å². The van der Waals surface area contributed by atoms with E-state index in [9.17, 15) is 9.59 Å². The summed E-state index contributed by atoms with van der Waals surface area (Å²) in [6.45, 7) is 1.45. The summed E-state index contributed by atoms with van der Waals surface area (Å²) in [6, 6.07) is 13.5. The highest BCUT2D eigenvalue weighted by molar-refractivity contribution is 9.10. The third-order valence-electron chi connectivity index (χ3n) is 4.49. The summed E-state index contributed by atoms with van der Waals surface area (Å²) in [7, 11) is 0. The molecule has 1 heterocycles. The molecule has 26 heavy (non-hydrogen) atoms. The van der Waals surface area contributed by atoms with Crippen molar-refractivity contribution in [3.8, 4) is 0 Å². The summed E-state index contributed by atoms with van der Waals surface area (Å²) in [5.41, 5.74) is 2.14. The number of hydrogen-bond acceptors (Lipinski definition) is 4. The van der Waals surface area contributed by atoms with Crippen molar-refractivity contribution in [1.29, 1.82) is 0 Å². The van der Waals surface area contributed by atoms with Crippen LogP contribution in [-0.4, -0.2) is 16.8 Å². The molecule has 1 fully saturated rings. The highest BCUT2D eigenvalue weighted by Gasteiger charge is 2.51.